The molecule has 550 valence electrons. The highest BCUT2D eigenvalue weighted by Crippen LogP contribution is 2.52. The Morgan fingerprint density at radius 1 is 0.209 bits per heavy atom. The molecular weight excluding hydrogens is 1400 g/mol. The van der Waals surface area contributed by atoms with Crippen LogP contribution in [-0.2, 0) is 0 Å². The van der Waals surface area contributed by atoms with Crippen LogP contribution in [0.5, 0.6) is 0 Å². The van der Waals surface area contributed by atoms with Gasteiger partial charge in [-0.2, -0.15) is 0 Å². The summed E-state index contributed by atoms with van der Waals surface area (Å²) < 4.78 is 7.94. The normalized spacial score (nSPS) is 12.5. The SMILES string of the molecule is Cc1c(C)c2[nH]c1cc1nc(c3[nH]c(cc4[nH]c(c(C)c4C)c2-c2cccc4c2oc2c(-c5c6[nH]c(cc7nc(c8[nH]c(cc9[nH]c5c(C)c9C)c(-c5ccccc5)c8-c5ccccc5)C(c5ccccc5)=C7c5ccccc5)c(C)c6C)cccc24)c(-c2ccccc2)c3-c2ccccc2)C(c2ccccc2)=C1c1ccccc1. The second kappa shape index (κ2) is 27.1. The maximum absolute atomic E-state index is 7.94. The molecule has 6 N–H and O–H groups in total. The average molecular weight is 1480 g/mol. The fraction of sp³-hybridized carbons (Fsp3) is 0.0755. The molecule has 19 aromatic rings. The number of hydrogen-bond acceptors (Lipinski definition) is 3. The second-order valence-corrected chi connectivity index (χ2v) is 30.9. The van der Waals surface area contributed by atoms with E-state index in [0.717, 1.165) is 267 Å². The van der Waals surface area contributed by atoms with Crippen LogP contribution in [0, 0.1) is 55.4 Å². The molecule has 11 heterocycles. The molecule has 115 heavy (non-hydrogen) atoms. The summed E-state index contributed by atoms with van der Waals surface area (Å²) in [5, 5.41) is 2.00. The van der Waals surface area contributed by atoms with Crippen LogP contribution in [0.3, 0.4) is 0 Å². The first kappa shape index (κ1) is 68.5. The Balaban J connectivity index is 0.875. The number of furan rings is 1. The average Bonchev–Trinajstić information content (AvgIpc) is 1.59. The van der Waals surface area contributed by atoms with Crippen molar-refractivity contribution < 1.29 is 4.42 Å². The lowest BCUT2D eigenvalue weighted by atomic mass is 9.90. The van der Waals surface area contributed by atoms with Gasteiger partial charge in [0.1, 0.15) is 11.2 Å². The number of benzene rings is 10. The highest BCUT2D eigenvalue weighted by atomic mass is 16.3. The van der Waals surface area contributed by atoms with Crippen molar-refractivity contribution in [2.45, 2.75) is 55.4 Å². The lowest BCUT2D eigenvalue weighted by Crippen LogP contribution is -1.92. The van der Waals surface area contributed by atoms with Crippen molar-refractivity contribution in [2.75, 3.05) is 0 Å². The van der Waals surface area contributed by atoms with Gasteiger partial charge in [0.25, 0.3) is 0 Å². The topological polar surface area (TPSA) is 134 Å². The predicted octanol–water partition coefficient (Wildman–Crippen LogP) is 27.7. The zero-order chi connectivity index (χ0) is 77.4. The van der Waals surface area contributed by atoms with Gasteiger partial charge in [0.05, 0.1) is 55.9 Å². The van der Waals surface area contributed by atoms with Crippen molar-refractivity contribution in [3.05, 3.63) is 393 Å². The van der Waals surface area contributed by atoms with E-state index in [1.807, 2.05) is 0 Å². The summed E-state index contributed by atoms with van der Waals surface area (Å²) in [5.41, 5.74) is 46.6. The van der Waals surface area contributed by atoms with E-state index >= 15 is 0 Å². The molecule has 9 nitrogen and oxygen atoms in total. The smallest absolute Gasteiger partial charge is 0.143 e. The molecule has 0 amide bonds. The Bertz CT molecular complexity index is 7090. The third kappa shape index (κ3) is 11.0. The number of fused-ring (bicyclic) bond motifs is 21. The van der Waals surface area contributed by atoms with Crippen LogP contribution >= 0.6 is 0 Å². The van der Waals surface area contributed by atoms with E-state index in [1.165, 1.54) is 0 Å². The molecule has 0 spiro atoms. The first-order valence-corrected chi connectivity index (χ1v) is 39.6. The Kier molecular flexibility index (Phi) is 16.2. The predicted molar refractivity (Wildman–Crippen MR) is 480 cm³/mol. The molecule has 2 aliphatic heterocycles. The van der Waals surface area contributed by atoms with Gasteiger partial charge >= 0.3 is 0 Å². The quantitative estimate of drug-likeness (QED) is 0.0814. The van der Waals surface area contributed by atoms with Gasteiger partial charge in [-0.25, -0.2) is 9.97 Å². The number of rotatable bonds is 10. The van der Waals surface area contributed by atoms with E-state index in [-0.39, 0.29) is 0 Å². The molecule has 0 fully saturated rings. The third-order valence-electron chi connectivity index (χ3n) is 24.6. The van der Waals surface area contributed by atoms with Gasteiger partial charge in [-0.15, -0.1) is 0 Å². The molecule has 0 saturated carbocycles. The van der Waals surface area contributed by atoms with Crippen LogP contribution in [0.1, 0.15) is 89.5 Å². The van der Waals surface area contributed by atoms with Crippen molar-refractivity contribution in [1.29, 1.82) is 0 Å². The third-order valence-corrected chi connectivity index (χ3v) is 24.6. The maximum Gasteiger partial charge on any atom is 0.143 e. The van der Waals surface area contributed by atoms with Crippen molar-refractivity contribution in [2.24, 2.45) is 0 Å². The minimum absolute atomic E-state index is 0.770. The van der Waals surface area contributed by atoms with Gasteiger partial charge in [-0.1, -0.05) is 279 Å². The molecule has 0 radical (unpaired) electrons. The molecule has 21 rings (SSSR count). The molecule has 0 atom stereocenters. The van der Waals surface area contributed by atoms with Crippen LogP contribution in [0.4, 0.5) is 0 Å². The van der Waals surface area contributed by atoms with E-state index in [4.69, 9.17) is 14.4 Å². The highest BCUT2D eigenvalue weighted by molar-refractivity contribution is 6.20. The van der Waals surface area contributed by atoms with E-state index in [9.17, 15) is 0 Å². The van der Waals surface area contributed by atoms with Crippen molar-refractivity contribution in [1.82, 2.24) is 39.9 Å². The largest absolute Gasteiger partial charge is 0.455 e. The summed E-state index contributed by atoms with van der Waals surface area (Å²) in [7, 11) is 0. The molecule has 9 heteroatoms. The number of nitrogens with one attached hydrogen (secondary N) is 6. The first-order chi connectivity index (χ1) is 56.4. The highest BCUT2D eigenvalue weighted by Gasteiger charge is 2.33. The standard InChI is InChI=1S/C106H80N8O/c1-59-63(5)97-95(98-64(6)60(2)80(108-98)56-84-88(68-37-19-10-20-38-68)92(72-45-27-14-28-46-72)102(112-84)101-91(71-43-25-13-26-44-71)87(67-35-17-9-18-36-67)83(111-101)55-79(59)107-97)77-53-33-51-75-76-52-34-54-78(106(76)115-105(75)77)96-99-65(7)61(3)81(109-99)57-85-89(69-39-21-11-22-40-69)93(73-47-29-15-30-48-73)103(113-85)104-94(74-49-31-16-32-50-74)90(70-41-23-12-24-42-70)86(114-104)58-82-62(4)66(8)100(96)110-82/h9-58,107-111,113H,1-8H3. The van der Waals surface area contributed by atoms with Crippen molar-refractivity contribution >= 4 is 110 Å². The van der Waals surface area contributed by atoms with Crippen LogP contribution in [0.15, 0.2) is 308 Å². The van der Waals surface area contributed by atoms with E-state index in [2.05, 4.69) is 389 Å². The molecule has 0 saturated heterocycles. The van der Waals surface area contributed by atoms with Crippen LogP contribution in [0.25, 0.3) is 177 Å². The van der Waals surface area contributed by atoms with E-state index in [1.54, 1.807) is 0 Å². The van der Waals surface area contributed by atoms with Crippen molar-refractivity contribution in [3.8, 4) is 66.8 Å². The Morgan fingerprint density at radius 3 is 0.757 bits per heavy atom. The van der Waals surface area contributed by atoms with Crippen molar-refractivity contribution in [3.63, 3.8) is 0 Å². The second-order valence-electron chi connectivity index (χ2n) is 30.9. The summed E-state index contributed by atoms with van der Waals surface area (Å²) in [6.07, 6.45) is 0. The zero-order valence-electron chi connectivity index (χ0n) is 65.2. The number of H-pyrrole nitrogens is 6. The van der Waals surface area contributed by atoms with E-state index < -0.39 is 0 Å². The zero-order valence-corrected chi connectivity index (χ0v) is 65.2. The van der Waals surface area contributed by atoms with Crippen LogP contribution in [-0.4, -0.2) is 39.9 Å². The number of aromatic amines is 6. The Labute approximate surface area is 665 Å². The summed E-state index contributed by atoms with van der Waals surface area (Å²) in [4.78, 5) is 36.9. The summed E-state index contributed by atoms with van der Waals surface area (Å²) in [6.45, 7) is 18.0. The van der Waals surface area contributed by atoms with Crippen LogP contribution in [0.2, 0.25) is 0 Å². The fourth-order valence-electron chi connectivity index (χ4n) is 18.3. The number of aryl methyl sites for hydroxylation is 8. The lowest BCUT2D eigenvalue weighted by molar-refractivity contribution is 0.671. The summed E-state index contributed by atoms with van der Waals surface area (Å²) >= 11 is 0. The van der Waals surface area contributed by atoms with E-state index in [0.29, 0.717) is 0 Å². The minimum atomic E-state index is 0.770. The van der Waals surface area contributed by atoms with Gasteiger partial charge in [0.2, 0.25) is 0 Å². The molecule has 9 aromatic heterocycles. The summed E-state index contributed by atoms with van der Waals surface area (Å²) in [5.74, 6) is 0. The maximum atomic E-state index is 7.94. The molecule has 2 aliphatic rings. The molecule has 0 unspecified atom stereocenters. The molecular formula is C106H80N8O. The minimum Gasteiger partial charge on any atom is -0.455 e. The number of nitrogens with zero attached hydrogens (tertiary/aromatic N) is 2. The number of aromatic nitrogens is 8. The Morgan fingerprint density at radius 2 is 0.461 bits per heavy atom. The monoisotopic (exact) mass is 1480 g/mol. The van der Waals surface area contributed by atoms with Gasteiger partial charge in [0, 0.05) is 111 Å². The fourth-order valence-corrected chi connectivity index (χ4v) is 18.3. The molecule has 0 aliphatic carbocycles. The first-order valence-electron chi connectivity index (χ1n) is 39.6. The van der Waals surface area contributed by atoms with Gasteiger partial charge in [-0.3, -0.25) is 0 Å². The van der Waals surface area contributed by atoms with Gasteiger partial charge in [-0.05, 0) is 169 Å². The summed E-state index contributed by atoms with van der Waals surface area (Å²) in [6, 6.07) is 109. The van der Waals surface area contributed by atoms with Gasteiger partial charge in [0.15, 0.2) is 0 Å². The van der Waals surface area contributed by atoms with Gasteiger partial charge < -0.3 is 34.3 Å². The molecule has 10 aromatic carbocycles. The lowest BCUT2D eigenvalue weighted by Gasteiger charge is -2.11. The molecule has 16 bridgehead atoms. The Hall–Kier alpha value is -14.5. The number of para-hydroxylation sites is 2. The van der Waals surface area contributed by atoms with Crippen LogP contribution < -0.4 is 0 Å². The number of hydrogen-bond donors (Lipinski definition) is 6.